The molecule has 23 heavy (non-hydrogen) atoms. The Balaban J connectivity index is 1.37. The van der Waals surface area contributed by atoms with E-state index in [0.29, 0.717) is 23.8 Å². The van der Waals surface area contributed by atoms with Crippen LogP contribution in [0.25, 0.3) is 0 Å². The van der Waals surface area contributed by atoms with E-state index in [-0.39, 0.29) is 0 Å². The standard InChI is InChI=1S/C18H27N3OS/c1-2-17-19-14(11-23-17)8-21-9-15(12-6-7-12)16(10-21)20-18(22)13-4-3-5-13/h11-13,15-16H,2-10H2,1H3,(H,20,22)/t15-,16+/m0/s1. The predicted molar refractivity (Wildman–Crippen MR) is 92.3 cm³/mol. The first kappa shape index (κ1) is 15.6. The monoisotopic (exact) mass is 333 g/mol. The van der Waals surface area contributed by atoms with Crippen molar-refractivity contribution in [2.24, 2.45) is 17.8 Å². The third kappa shape index (κ3) is 3.45. The molecule has 1 aromatic rings. The van der Waals surface area contributed by atoms with E-state index < -0.39 is 0 Å². The minimum atomic E-state index is 0.301. The molecule has 1 aromatic heterocycles. The molecule has 1 amide bonds. The Morgan fingerprint density at radius 1 is 1.35 bits per heavy atom. The molecule has 4 nitrogen and oxygen atoms in total. The van der Waals surface area contributed by atoms with Crippen molar-refractivity contribution in [2.45, 2.75) is 58.0 Å². The van der Waals surface area contributed by atoms with Gasteiger partial charge in [-0.05, 0) is 43.9 Å². The number of rotatable bonds is 6. The molecule has 2 atom stereocenters. The summed E-state index contributed by atoms with van der Waals surface area (Å²) in [6.45, 7) is 5.22. The zero-order valence-electron chi connectivity index (χ0n) is 14.0. The van der Waals surface area contributed by atoms with Crippen molar-refractivity contribution >= 4 is 17.2 Å². The Hall–Kier alpha value is -0.940. The number of likely N-dealkylation sites (tertiary alicyclic amines) is 1. The maximum Gasteiger partial charge on any atom is 0.223 e. The van der Waals surface area contributed by atoms with Gasteiger partial charge < -0.3 is 5.32 Å². The Morgan fingerprint density at radius 2 is 2.17 bits per heavy atom. The molecule has 0 bridgehead atoms. The topological polar surface area (TPSA) is 45.2 Å². The molecule has 126 valence electrons. The van der Waals surface area contributed by atoms with Crippen LogP contribution in [0.3, 0.4) is 0 Å². The molecular formula is C18H27N3OS. The molecular weight excluding hydrogens is 306 g/mol. The normalized spacial score (nSPS) is 28.7. The fourth-order valence-electron chi connectivity index (χ4n) is 3.98. The zero-order valence-corrected chi connectivity index (χ0v) is 14.8. The summed E-state index contributed by atoms with van der Waals surface area (Å²) < 4.78 is 0. The summed E-state index contributed by atoms with van der Waals surface area (Å²) in [7, 11) is 0. The molecule has 0 radical (unpaired) electrons. The highest BCUT2D eigenvalue weighted by Gasteiger charge is 2.43. The van der Waals surface area contributed by atoms with Gasteiger partial charge in [0.25, 0.3) is 0 Å². The lowest BCUT2D eigenvalue weighted by molar-refractivity contribution is -0.128. The largest absolute Gasteiger partial charge is 0.352 e. The van der Waals surface area contributed by atoms with Gasteiger partial charge in [0.1, 0.15) is 0 Å². The summed E-state index contributed by atoms with van der Waals surface area (Å²) in [5.74, 6) is 2.11. The highest BCUT2D eigenvalue weighted by atomic mass is 32.1. The van der Waals surface area contributed by atoms with Gasteiger partial charge in [-0.2, -0.15) is 0 Å². The molecule has 1 saturated heterocycles. The SMILES string of the molecule is CCc1nc(CN2C[C@@H](NC(=O)C3CCC3)[C@H](C3CC3)C2)cs1. The Labute approximate surface area is 142 Å². The summed E-state index contributed by atoms with van der Waals surface area (Å²) in [6.07, 6.45) is 7.14. The predicted octanol–water partition coefficient (Wildman–Crippen LogP) is 2.83. The lowest BCUT2D eigenvalue weighted by Crippen LogP contribution is -2.45. The van der Waals surface area contributed by atoms with E-state index in [0.717, 1.165) is 44.8 Å². The summed E-state index contributed by atoms with van der Waals surface area (Å²) in [6, 6.07) is 0.361. The molecule has 3 fully saturated rings. The van der Waals surface area contributed by atoms with Gasteiger partial charge in [-0.15, -0.1) is 11.3 Å². The second-order valence-electron chi connectivity index (χ2n) is 7.52. The van der Waals surface area contributed by atoms with Crippen molar-refractivity contribution in [3.63, 3.8) is 0 Å². The van der Waals surface area contributed by atoms with Crippen LogP contribution in [0, 0.1) is 17.8 Å². The summed E-state index contributed by atoms with van der Waals surface area (Å²) in [5, 5.41) is 6.82. The van der Waals surface area contributed by atoms with Crippen LogP contribution in [0.15, 0.2) is 5.38 Å². The average molecular weight is 334 g/mol. The van der Waals surface area contributed by atoms with Crippen molar-refractivity contribution in [1.29, 1.82) is 0 Å². The van der Waals surface area contributed by atoms with Crippen LogP contribution in [0.4, 0.5) is 0 Å². The molecule has 5 heteroatoms. The van der Waals surface area contributed by atoms with Gasteiger partial charge >= 0.3 is 0 Å². The molecule has 1 aliphatic heterocycles. The van der Waals surface area contributed by atoms with E-state index in [2.05, 4.69) is 22.5 Å². The van der Waals surface area contributed by atoms with E-state index in [4.69, 9.17) is 4.98 Å². The summed E-state index contributed by atoms with van der Waals surface area (Å²) >= 11 is 1.77. The number of nitrogens with zero attached hydrogens (tertiary/aromatic N) is 2. The number of hydrogen-bond acceptors (Lipinski definition) is 4. The molecule has 0 unspecified atom stereocenters. The van der Waals surface area contributed by atoms with Gasteiger partial charge in [0.15, 0.2) is 0 Å². The van der Waals surface area contributed by atoms with Crippen LogP contribution in [0.1, 0.15) is 49.7 Å². The molecule has 4 rings (SSSR count). The van der Waals surface area contributed by atoms with Crippen LogP contribution >= 0.6 is 11.3 Å². The number of carbonyl (C=O) groups excluding carboxylic acids is 1. The number of nitrogens with one attached hydrogen (secondary N) is 1. The smallest absolute Gasteiger partial charge is 0.223 e. The second kappa shape index (κ2) is 6.52. The van der Waals surface area contributed by atoms with Crippen LogP contribution in [0.5, 0.6) is 0 Å². The minimum Gasteiger partial charge on any atom is -0.352 e. The molecule has 2 aliphatic carbocycles. The Morgan fingerprint density at radius 3 is 2.78 bits per heavy atom. The van der Waals surface area contributed by atoms with Crippen LogP contribution in [-0.2, 0) is 17.8 Å². The number of amides is 1. The highest BCUT2D eigenvalue weighted by Crippen LogP contribution is 2.42. The lowest BCUT2D eigenvalue weighted by atomic mass is 9.84. The zero-order chi connectivity index (χ0) is 15.8. The Bertz CT molecular complexity index is 564. The van der Waals surface area contributed by atoms with Crippen molar-refractivity contribution in [2.75, 3.05) is 13.1 Å². The summed E-state index contributed by atoms with van der Waals surface area (Å²) in [4.78, 5) is 19.5. The summed E-state index contributed by atoms with van der Waals surface area (Å²) in [5.41, 5.74) is 1.20. The number of thiazole rings is 1. The number of hydrogen-bond donors (Lipinski definition) is 1. The quantitative estimate of drug-likeness (QED) is 0.871. The Kier molecular flexibility index (Phi) is 4.41. The third-order valence-corrected chi connectivity index (χ3v) is 6.80. The maximum absolute atomic E-state index is 12.3. The third-order valence-electron chi connectivity index (χ3n) is 5.76. The van der Waals surface area contributed by atoms with Gasteiger partial charge in [0.2, 0.25) is 5.91 Å². The minimum absolute atomic E-state index is 0.301. The molecule has 2 heterocycles. The van der Waals surface area contributed by atoms with Gasteiger partial charge in [-0.25, -0.2) is 4.98 Å². The number of aromatic nitrogens is 1. The van der Waals surface area contributed by atoms with Gasteiger partial charge in [-0.1, -0.05) is 13.3 Å². The first-order chi connectivity index (χ1) is 11.2. The van der Waals surface area contributed by atoms with E-state index in [1.807, 2.05) is 0 Å². The molecule has 2 saturated carbocycles. The fourth-order valence-corrected chi connectivity index (χ4v) is 4.72. The number of aryl methyl sites for hydroxylation is 1. The second-order valence-corrected chi connectivity index (χ2v) is 8.47. The van der Waals surface area contributed by atoms with Gasteiger partial charge in [0.05, 0.1) is 10.7 Å². The fraction of sp³-hybridized carbons (Fsp3) is 0.778. The maximum atomic E-state index is 12.3. The van der Waals surface area contributed by atoms with E-state index in [9.17, 15) is 4.79 Å². The van der Waals surface area contributed by atoms with Crippen molar-refractivity contribution in [3.8, 4) is 0 Å². The molecule has 1 N–H and O–H groups in total. The first-order valence-corrected chi connectivity index (χ1v) is 10.1. The van der Waals surface area contributed by atoms with Crippen molar-refractivity contribution in [1.82, 2.24) is 15.2 Å². The highest BCUT2D eigenvalue weighted by molar-refractivity contribution is 7.09. The first-order valence-electron chi connectivity index (χ1n) is 9.19. The lowest BCUT2D eigenvalue weighted by Gasteiger charge is -2.28. The molecule has 0 aromatic carbocycles. The van der Waals surface area contributed by atoms with Gasteiger partial charge in [-0.3, -0.25) is 9.69 Å². The van der Waals surface area contributed by atoms with E-state index >= 15 is 0 Å². The molecule has 3 aliphatic rings. The van der Waals surface area contributed by atoms with Crippen molar-refractivity contribution in [3.05, 3.63) is 16.1 Å². The van der Waals surface area contributed by atoms with Gasteiger partial charge in [0, 0.05) is 37.0 Å². The average Bonchev–Trinajstić information content (AvgIpc) is 3.10. The van der Waals surface area contributed by atoms with Crippen LogP contribution in [0.2, 0.25) is 0 Å². The van der Waals surface area contributed by atoms with E-state index in [1.54, 1.807) is 11.3 Å². The molecule has 0 spiro atoms. The number of carbonyl (C=O) groups is 1. The van der Waals surface area contributed by atoms with Crippen LogP contribution < -0.4 is 5.32 Å². The van der Waals surface area contributed by atoms with Crippen LogP contribution in [-0.4, -0.2) is 34.9 Å². The van der Waals surface area contributed by atoms with Crippen molar-refractivity contribution < 1.29 is 4.79 Å². The van der Waals surface area contributed by atoms with E-state index in [1.165, 1.54) is 30.0 Å².